The van der Waals surface area contributed by atoms with Gasteiger partial charge in [-0.15, -0.1) is 13.2 Å². The molecule has 0 heterocycles. The number of carboxylic acid groups (broad SMARTS) is 1. The maximum atomic E-state index is 12.1. The average Bonchev–Trinajstić information content (AvgIpc) is 2.54. The minimum absolute atomic E-state index is 0.0362. The topological polar surface area (TPSA) is 75.6 Å². The van der Waals surface area contributed by atoms with Crippen LogP contribution < -0.4 is 10.1 Å². The van der Waals surface area contributed by atoms with Gasteiger partial charge in [0.2, 0.25) is 5.91 Å². The number of hydrogen-bond donors (Lipinski definition) is 2. The number of carboxylic acids is 1. The quantitative estimate of drug-likeness (QED) is 0.651. The van der Waals surface area contributed by atoms with Crippen molar-refractivity contribution in [1.29, 1.82) is 0 Å². The van der Waals surface area contributed by atoms with E-state index in [2.05, 4.69) is 18.5 Å². The highest BCUT2D eigenvalue weighted by Crippen LogP contribution is 2.20. The van der Waals surface area contributed by atoms with E-state index in [4.69, 9.17) is 9.84 Å². The Balaban J connectivity index is 2.64. The molecule has 1 rings (SSSR count). The number of methoxy groups -OCH3 is 1. The maximum absolute atomic E-state index is 12.1. The second-order valence-electron chi connectivity index (χ2n) is 5.12. The van der Waals surface area contributed by atoms with Crippen molar-refractivity contribution in [2.45, 2.75) is 19.3 Å². The Morgan fingerprint density at radius 3 is 2.48 bits per heavy atom. The monoisotopic (exact) mass is 317 g/mol. The third-order valence-corrected chi connectivity index (χ3v) is 3.50. The van der Waals surface area contributed by atoms with E-state index in [-0.39, 0.29) is 17.4 Å². The predicted molar refractivity (Wildman–Crippen MR) is 89.8 cm³/mol. The predicted octanol–water partition coefficient (Wildman–Crippen LogP) is 2.82. The highest BCUT2D eigenvalue weighted by atomic mass is 16.5. The van der Waals surface area contributed by atoms with E-state index in [0.29, 0.717) is 31.6 Å². The summed E-state index contributed by atoms with van der Waals surface area (Å²) in [5.74, 6) is -0.681. The molecule has 0 aliphatic carbocycles. The Labute approximate surface area is 136 Å². The normalized spacial score (nSPS) is 10.2. The number of amides is 1. The summed E-state index contributed by atoms with van der Waals surface area (Å²) in [6, 6.07) is 4.72. The Hall–Kier alpha value is -2.56. The van der Waals surface area contributed by atoms with Crippen LogP contribution in [0.15, 0.2) is 43.5 Å². The van der Waals surface area contributed by atoms with Crippen LogP contribution in [0.1, 0.15) is 28.8 Å². The van der Waals surface area contributed by atoms with Crippen molar-refractivity contribution in [2.24, 2.45) is 5.92 Å². The number of nitrogens with one attached hydrogen (secondary N) is 1. The van der Waals surface area contributed by atoms with Crippen LogP contribution in [-0.2, 0) is 11.2 Å². The van der Waals surface area contributed by atoms with E-state index in [1.807, 2.05) is 0 Å². The molecular weight excluding hydrogens is 294 g/mol. The highest BCUT2D eigenvalue weighted by Gasteiger charge is 2.15. The summed E-state index contributed by atoms with van der Waals surface area (Å²) in [7, 11) is 1.49. The van der Waals surface area contributed by atoms with Gasteiger partial charge in [-0.25, -0.2) is 4.79 Å². The van der Waals surface area contributed by atoms with Gasteiger partial charge in [0.05, 0.1) is 12.7 Å². The van der Waals surface area contributed by atoms with Crippen LogP contribution in [0.4, 0.5) is 0 Å². The fourth-order valence-corrected chi connectivity index (χ4v) is 2.26. The van der Waals surface area contributed by atoms with Crippen molar-refractivity contribution in [3.63, 3.8) is 0 Å². The standard InChI is InChI=1S/C18H23NO4/c1-4-6-14(7-5-2)17(20)19-11-10-13-8-9-15(18(21)22)12-16(13)23-3/h4-5,8-9,12,14H,1-2,6-7,10-11H2,3H3,(H,19,20)(H,21,22). The average molecular weight is 317 g/mol. The first-order valence-corrected chi connectivity index (χ1v) is 7.43. The number of ether oxygens (including phenoxy) is 1. The first kappa shape index (κ1) is 18.5. The molecule has 0 spiro atoms. The van der Waals surface area contributed by atoms with Gasteiger partial charge < -0.3 is 15.2 Å². The van der Waals surface area contributed by atoms with E-state index in [1.165, 1.54) is 19.2 Å². The zero-order valence-electron chi connectivity index (χ0n) is 13.4. The summed E-state index contributed by atoms with van der Waals surface area (Å²) in [5.41, 5.74) is 1.02. The molecule has 5 nitrogen and oxygen atoms in total. The van der Waals surface area contributed by atoms with Gasteiger partial charge in [-0.3, -0.25) is 4.79 Å². The molecular formula is C18H23NO4. The molecule has 124 valence electrons. The number of hydrogen-bond acceptors (Lipinski definition) is 3. The van der Waals surface area contributed by atoms with Crippen molar-refractivity contribution in [2.75, 3.05) is 13.7 Å². The molecule has 5 heteroatoms. The minimum Gasteiger partial charge on any atom is -0.496 e. The third kappa shape index (κ3) is 5.62. The number of aromatic carboxylic acids is 1. The summed E-state index contributed by atoms with van der Waals surface area (Å²) in [6.07, 6.45) is 5.22. The van der Waals surface area contributed by atoms with Gasteiger partial charge in [0, 0.05) is 12.5 Å². The van der Waals surface area contributed by atoms with Crippen LogP contribution in [-0.4, -0.2) is 30.6 Å². The number of carbonyl (C=O) groups excluding carboxylic acids is 1. The van der Waals surface area contributed by atoms with Crippen LogP contribution in [0.5, 0.6) is 5.75 Å². The van der Waals surface area contributed by atoms with E-state index >= 15 is 0 Å². The van der Waals surface area contributed by atoms with Crippen LogP contribution in [0, 0.1) is 5.92 Å². The van der Waals surface area contributed by atoms with Gasteiger partial charge in [-0.1, -0.05) is 18.2 Å². The molecule has 0 fully saturated rings. The van der Waals surface area contributed by atoms with Crippen molar-refractivity contribution < 1.29 is 19.4 Å². The van der Waals surface area contributed by atoms with Gasteiger partial charge in [-0.2, -0.15) is 0 Å². The lowest BCUT2D eigenvalue weighted by Crippen LogP contribution is -2.32. The molecule has 0 unspecified atom stereocenters. The fraction of sp³-hybridized carbons (Fsp3) is 0.333. The maximum Gasteiger partial charge on any atom is 0.335 e. The molecule has 2 N–H and O–H groups in total. The van der Waals surface area contributed by atoms with Crippen LogP contribution >= 0.6 is 0 Å². The molecule has 0 atom stereocenters. The van der Waals surface area contributed by atoms with E-state index in [0.717, 1.165) is 5.56 Å². The van der Waals surface area contributed by atoms with Crippen molar-refractivity contribution in [3.05, 3.63) is 54.6 Å². The molecule has 0 saturated carbocycles. The molecule has 1 amide bonds. The van der Waals surface area contributed by atoms with Gasteiger partial charge in [0.25, 0.3) is 0 Å². The molecule has 0 bridgehead atoms. The molecule has 0 aliphatic heterocycles. The summed E-state index contributed by atoms with van der Waals surface area (Å²) in [4.78, 5) is 23.0. The first-order chi connectivity index (χ1) is 11.0. The van der Waals surface area contributed by atoms with Gasteiger partial charge in [0.1, 0.15) is 5.75 Å². The lowest BCUT2D eigenvalue weighted by Gasteiger charge is -2.14. The first-order valence-electron chi connectivity index (χ1n) is 7.43. The van der Waals surface area contributed by atoms with Crippen molar-refractivity contribution in [1.82, 2.24) is 5.32 Å². The van der Waals surface area contributed by atoms with E-state index in [9.17, 15) is 9.59 Å². The number of allylic oxidation sites excluding steroid dienone is 2. The third-order valence-electron chi connectivity index (χ3n) is 3.50. The Morgan fingerprint density at radius 1 is 1.30 bits per heavy atom. The summed E-state index contributed by atoms with van der Waals surface area (Å²) < 4.78 is 5.22. The summed E-state index contributed by atoms with van der Waals surface area (Å²) in [6.45, 7) is 7.77. The lowest BCUT2D eigenvalue weighted by molar-refractivity contribution is -0.124. The molecule has 0 radical (unpaired) electrons. The van der Waals surface area contributed by atoms with Gasteiger partial charge in [-0.05, 0) is 37.0 Å². The Morgan fingerprint density at radius 2 is 1.96 bits per heavy atom. The van der Waals surface area contributed by atoms with Crippen LogP contribution in [0.3, 0.4) is 0 Å². The lowest BCUT2D eigenvalue weighted by atomic mass is 10.0. The molecule has 0 saturated heterocycles. The molecule has 23 heavy (non-hydrogen) atoms. The molecule has 1 aromatic carbocycles. The zero-order valence-corrected chi connectivity index (χ0v) is 13.4. The van der Waals surface area contributed by atoms with Crippen molar-refractivity contribution in [3.8, 4) is 5.75 Å². The smallest absolute Gasteiger partial charge is 0.335 e. The van der Waals surface area contributed by atoms with E-state index in [1.54, 1.807) is 18.2 Å². The van der Waals surface area contributed by atoms with Crippen LogP contribution in [0.2, 0.25) is 0 Å². The highest BCUT2D eigenvalue weighted by molar-refractivity contribution is 5.88. The summed E-state index contributed by atoms with van der Waals surface area (Å²) >= 11 is 0. The second-order valence-corrected chi connectivity index (χ2v) is 5.12. The Kier molecular flexibility index (Phi) is 7.60. The summed E-state index contributed by atoms with van der Waals surface area (Å²) in [5, 5.41) is 11.9. The fourth-order valence-electron chi connectivity index (χ4n) is 2.26. The minimum atomic E-state index is -1.00. The SMILES string of the molecule is C=CCC(CC=C)C(=O)NCCc1ccc(C(=O)O)cc1OC. The molecule has 1 aromatic rings. The zero-order chi connectivity index (χ0) is 17.2. The van der Waals surface area contributed by atoms with Crippen molar-refractivity contribution >= 4 is 11.9 Å². The molecule has 0 aromatic heterocycles. The van der Waals surface area contributed by atoms with Gasteiger partial charge in [0.15, 0.2) is 0 Å². The van der Waals surface area contributed by atoms with E-state index < -0.39 is 5.97 Å². The number of rotatable bonds is 10. The molecule has 0 aliphatic rings. The number of benzene rings is 1. The van der Waals surface area contributed by atoms with Crippen LogP contribution in [0.25, 0.3) is 0 Å². The second kappa shape index (κ2) is 9.46. The van der Waals surface area contributed by atoms with Gasteiger partial charge >= 0.3 is 5.97 Å². The Bertz CT molecular complexity index is 570. The number of carbonyl (C=O) groups is 2. The largest absolute Gasteiger partial charge is 0.496 e.